The number of fused-ring (bicyclic) bond motifs is 1. The number of nitro groups is 1. The maximum Gasteiger partial charge on any atom is 0.358 e. The summed E-state index contributed by atoms with van der Waals surface area (Å²) in [5.74, 6) is -2.14. The molecule has 0 aliphatic rings. The van der Waals surface area contributed by atoms with Gasteiger partial charge in [0.15, 0.2) is 5.69 Å². The highest BCUT2D eigenvalue weighted by molar-refractivity contribution is 6.31. The minimum atomic E-state index is -1.38. The van der Waals surface area contributed by atoms with Crippen molar-refractivity contribution < 1.29 is 19.2 Å². The van der Waals surface area contributed by atoms with Crippen LogP contribution in [0.3, 0.4) is 0 Å². The predicted molar refractivity (Wildman–Crippen MR) is 91.8 cm³/mol. The number of nitro benzene ring substituents is 1. The largest absolute Gasteiger partial charge is 0.476 e. The Morgan fingerprint density at radius 1 is 1.27 bits per heavy atom. The quantitative estimate of drug-likeness (QED) is 0.421. The highest BCUT2D eigenvalue weighted by Crippen LogP contribution is 2.31. The number of hydrogen-bond donors (Lipinski definition) is 1. The second-order valence-electron chi connectivity index (χ2n) is 5.09. The van der Waals surface area contributed by atoms with Gasteiger partial charge in [-0.3, -0.25) is 15.1 Å². The molecule has 0 saturated heterocycles. The Kier molecular flexibility index (Phi) is 4.55. The van der Waals surface area contributed by atoms with Crippen LogP contribution in [-0.4, -0.2) is 32.4 Å². The molecule has 0 unspecified atom stereocenters. The summed E-state index contributed by atoms with van der Waals surface area (Å²) < 4.78 is 13.8. The predicted octanol–water partition coefficient (Wildman–Crippen LogP) is 3.78. The van der Waals surface area contributed by atoms with E-state index in [4.69, 9.17) is 11.6 Å². The topological polar surface area (TPSA) is 119 Å². The molecule has 0 radical (unpaired) electrons. The van der Waals surface area contributed by atoms with Crippen molar-refractivity contribution in [3.05, 3.63) is 68.6 Å². The number of hydrogen-bond acceptors (Lipinski definition) is 6. The molecule has 130 valence electrons. The van der Waals surface area contributed by atoms with Crippen LogP contribution in [0.2, 0.25) is 5.02 Å². The number of non-ortho nitro benzene ring substituents is 1. The van der Waals surface area contributed by atoms with Gasteiger partial charge in [0.1, 0.15) is 11.5 Å². The van der Waals surface area contributed by atoms with Gasteiger partial charge >= 0.3 is 5.97 Å². The average molecular weight is 375 g/mol. The molecule has 10 heteroatoms. The van der Waals surface area contributed by atoms with Gasteiger partial charge in [-0.1, -0.05) is 11.6 Å². The molecule has 8 nitrogen and oxygen atoms in total. The van der Waals surface area contributed by atoms with Gasteiger partial charge in [0.05, 0.1) is 15.5 Å². The van der Waals surface area contributed by atoms with Crippen molar-refractivity contribution in [1.29, 1.82) is 0 Å². The van der Waals surface area contributed by atoms with Crippen LogP contribution < -0.4 is 0 Å². The molecule has 26 heavy (non-hydrogen) atoms. The minimum absolute atomic E-state index is 0.0962. The average Bonchev–Trinajstić information content (AvgIpc) is 2.61. The number of aromatic nitrogens is 2. The summed E-state index contributed by atoms with van der Waals surface area (Å²) in [6.07, 6.45) is 1.29. The summed E-state index contributed by atoms with van der Waals surface area (Å²) in [4.78, 5) is 25.6. The summed E-state index contributed by atoms with van der Waals surface area (Å²) in [6, 6.07) is 7.69. The molecular formula is C16H8ClFN4O4. The lowest BCUT2D eigenvalue weighted by atomic mass is 10.1. The molecule has 1 N–H and O–H groups in total. The molecular weight excluding hydrogens is 367 g/mol. The number of carbonyl (C=O) groups is 1. The van der Waals surface area contributed by atoms with Gasteiger partial charge in [-0.15, -0.1) is 10.2 Å². The molecule has 0 spiro atoms. The van der Waals surface area contributed by atoms with E-state index < -0.39 is 22.4 Å². The second-order valence-corrected chi connectivity index (χ2v) is 5.50. The third-order valence-electron chi connectivity index (χ3n) is 3.42. The monoisotopic (exact) mass is 374 g/mol. The van der Waals surface area contributed by atoms with Crippen LogP contribution in [0, 0.1) is 15.9 Å². The molecule has 0 fully saturated rings. The molecule has 0 amide bonds. The molecule has 3 aromatic rings. The van der Waals surface area contributed by atoms with Crippen LogP contribution in [-0.2, 0) is 0 Å². The van der Waals surface area contributed by atoms with Crippen LogP contribution in [0.4, 0.5) is 15.8 Å². The van der Waals surface area contributed by atoms with Crippen molar-refractivity contribution in [1.82, 2.24) is 10.2 Å². The molecule has 3 rings (SSSR count). The van der Waals surface area contributed by atoms with Gasteiger partial charge < -0.3 is 5.11 Å². The lowest BCUT2D eigenvalue weighted by molar-refractivity contribution is -0.384. The number of nitrogens with zero attached hydrogens (tertiary/aromatic N) is 4. The van der Waals surface area contributed by atoms with E-state index in [-0.39, 0.29) is 27.3 Å². The minimum Gasteiger partial charge on any atom is -0.476 e. The van der Waals surface area contributed by atoms with Gasteiger partial charge in [-0.2, -0.15) is 0 Å². The fourth-order valence-corrected chi connectivity index (χ4v) is 2.34. The first-order valence-corrected chi connectivity index (χ1v) is 7.42. The Morgan fingerprint density at radius 3 is 2.58 bits per heavy atom. The third kappa shape index (κ3) is 3.33. The highest BCUT2D eigenvalue weighted by Gasteiger charge is 2.17. The highest BCUT2D eigenvalue weighted by atomic mass is 35.5. The number of aromatic carboxylic acids is 1. The Morgan fingerprint density at radius 2 is 1.96 bits per heavy atom. The lowest BCUT2D eigenvalue weighted by Crippen LogP contribution is -2.03. The van der Waals surface area contributed by atoms with E-state index in [1.54, 1.807) is 0 Å². The number of carboxylic acid groups (broad SMARTS) is 1. The normalized spacial score (nSPS) is 11.2. The fraction of sp³-hybridized carbons (Fsp3) is 0. The number of aliphatic imine (C=N–C) groups is 1. The zero-order chi connectivity index (χ0) is 18.8. The Labute approximate surface area is 149 Å². The van der Waals surface area contributed by atoms with E-state index in [2.05, 4.69) is 15.2 Å². The summed E-state index contributed by atoms with van der Waals surface area (Å²) in [6.45, 7) is 0. The molecule has 1 heterocycles. The maximum atomic E-state index is 13.8. The van der Waals surface area contributed by atoms with Crippen LogP contribution >= 0.6 is 11.6 Å². The molecule has 0 bridgehead atoms. The lowest BCUT2D eigenvalue weighted by Gasteiger charge is -2.05. The van der Waals surface area contributed by atoms with E-state index in [1.807, 2.05) is 0 Å². The summed E-state index contributed by atoms with van der Waals surface area (Å²) >= 11 is 5.70. The molecule has 0 atom stereocenters. The third-order valence-corrected chi connectivity index (χ3v) is 3.71. The molecule has 2 aromatic carbocycles. The molecule has 0 saturated carbocycles. The number of carboxylic acids is 1. The Bertz CT molecular complexity index is 1070. The van der Waals surface area contributed by atoms with Gasteiger partial charge in [-0.05, 0) is 29.8 Å². The molecule has 0 aliphatic heterocycles. The van der Waals surface area contributed by atoms with Gasteiger partial charge in [0.2, 0.25) is 0 Å². The number of benzene rings is 2. The van der Waals surface area contributed by atoms with E-state index >= 15 is 0 Å². The summed E-state index contributed by atoms with van der Waals surface area (Å²) in [5, 5.41) is 27.2. The van der Waals surface area contributed by atoms with Crippen molar-refractivity contribution in [3.63, 3.8) is 0 Å². The summed E-state index contributed by atoms with van der Waals surface area (Å²) in [5.41, 5.74) is -0.00138. The van der Waals surface area contributed by atoms with E-state index in [9.17, 15) is 24.4 Å². The van der Waals surface area contributed by atoms with Crippen LogP contribution in [0.1, 0.15) is 16.1 Å². The van der Waals surface area contributed by atoms with Crippen LogP contribution in [0.5, 0.6) is 0 Å². The smallest absolute Gasteiger partial charge is 0.358 e. The zero-order valence-corrected chi connectivity index (χ0v) is 13.5. The Balaban J connectivity index is 2.12. The zero-order valence-electron chi connectivity index (χ0n) is 12.8. The van der Waals surface area contributed by atoms with Gasteiger partial charge in [-0.25, -0.2) is 9.18 Å². The summed E-state index contributed by atoms with van der Waals surface area (Å²) in [7, 11) is 0. The van der Waals surface area contributed by atoms with E-state index in [1.165, 1.54) is 36.5 Å². The van der Waals surface area contributed by atoms with Crippen LogP contribution in [0.15, 0.2) is 41.4 Å². The van der Waals surface area contributed by atoms with Gasteiger partial charge in [0.25, 0.3) is 5.69 Å². The first kappa shape index (κ1) is 17.4. The van der Waals surface area contributed by atoms with Crippen molar-refractivity contribution in [2.75, 3.05) is 0 Å². The van der Waals surface area contributed by atoms with Crippen molar-refractivity contribution in [2.24, 2.45) is 4.99 Å². The number of halogens is 2. The first-order valence-electron chi connectivity index (χ1n) is 7.04. The fourth-order valence-electron chi connectivity index (χ4n) is 2.18. The Hall–Kier alpha value is -3.46. The van der Waals surface area contributed by atoms with Crippen molar-refractivity contribution in [2.45, 2.75) is 0 Å². The second kappa shape index (κ2) is 6.81. The van der Waals surface area contributed by atoms with E-state index in [0.29, 0.717) is 5.56 Å². The standard InChI is InChI=1S/C16H8ClFN4O4/c17-11-6-13-10(5-12(11)18)14(15(16(23)24)21-20-13)19-7-8-1-3-9(4-2-8)22(25)26/h1-7H,(H,23,24). The molecule has 1 aromatic heterocycles. The molecule has 0 aliphatic carbocycles. The first-order chi connectivity index (χ1) is 12.4. The van der Waals surface area contributed by atoms with Gasteiger partial charge in [0, 0.05) is 23.7 Å². The van der Waals surface area contributed by atoms with Crippen molar-refractivity contribution >= 4 is 46.1 Å². The number of rotatable bonds is 4. The maximum absolute atomic E-state index is 13.8. The van der Waals surface area contributed by atoms with Crippen molar-refractivity contribution in [3.8, 4) is 0 Å². The van der Waals surface area contributed by atoms with E-state index in [0.717, 1.165) is 6.07 Å². The SMILES string of the molecule is O=C(O)c1nnc2cc(Cl)c(F)cc2c1N=Cc1ccc([N+](=O)[O-])cc1. The van der Waals surface area contributed by atoms with Crippen LogP contribution in [0.25, 0.3) is 10.9 Å².